The number of aryl methyl sites for hydroxylation is 1. The van der Waals surface area contributed by atoms with Crippen LogP contribution >= 0.6 is 0 Å². The minimum absolute atomic E-state index is 0.0122. The van der Waals surface area contributed by atoms with E-state index in [4.69, 9.17) is 0 Å². The molecule has 1 aromatic heterocycles. The molecular formula is C14H17FN4O. The van der Waals surface area contributed by atoms with Crippen molar-refractivity contribution < 1.29 is 9.18 Å². The van der Waals surface area contributed by atoms with Crippen molar-refractivity contribution in [2.75, 3.05) is 10.6 Å². The van der Waals surface area contributed by atoms with Gasteiger partial charge in [-0.15, -0.1) is 0 Å². The van der Waals surface area contributed by atoms with Gasteiger partial charge in [0.2, 0.25) is 5.91 Å². The summed E-state index contributed by atoms with van der Waals surface area (Å²) in [6.45, 7) is 3.33. The Morgan fingerprint density at radius 1 is 1.40 bits per heavy atom. The topological polar surface area (TPSA) is 59.0 Å². The molecule has 1 aromatic carbocycles. The monoisotopic (exact) mass is 276 g/mol. The van der Waals surface area contributed by atoms with E-state index in [-0.39, 0.29) is 17.6 Å². The first-order chi connectivity index (χ1) is 9.47. The van der Waals surface area contributed by atoms with Gasteiger partial charge in [0.15, 0.2) is 0 Å². The minimum atomic E-state index is -0.459. The first-order valence-electron chi connectivity index (χ1n) is 6.29. The summed E-state index contributed by atoms with van der Waals surface area (Å²) in [5, 5.41) is 9.82. The van der Waals surface area contributed by atoms with E-state index < -0.39 is 5.82 Å². The summed E-state index contributed by atoms with van der Waals surface area (Å²) in [6, 6.07) is 6.45. The van der Waals surface area contributed by atoms with E-state index in [9.17, 15) is 9.18 Å². The van der Waals surface area contributed by atoms with Crippen molar-refractivity contribution in [1.29, 1.82) is 0 Å². The molecule has 0 saturated heterocycles. The Labute approximate surface area is 116 Å². The number of hydrogen-bond donors (Lipinski definition) is 2. The predicted molar refractivity (Wildman–Crippen MR) is 75.9 cm³/mol. The number of halogens is 1. The van der Waals surface area contributed by atoms with Crippen molar-refractivity contribution in [2.24, 2.45) is 7.05 Å². The van der Waals surface area contributed by atoms with Crippen molar-refractivity contribution in [1.82, 2.24) is 9.78 Å². The quantitative estimate of drug-likeness (QED) is 0.902. The molecular weight excluding hydrogens is 259 g/mol. The average Bonchev–Trinajstić information content (AvgIpc) is 2.79. The number of nitrogens with one attached hydrogen (secondary N) is 2. The molecule has 0 fully saturated rings. The predicted octanol–water partition coefficient (Wildman–Crippen LogP) is 2.69. The number of rotatable bonds is 4. The third-order valence-corrected chi connectivity index (χ3v) is 2.96. The van der Waals surface area contributed by atoms with Gasteiger partial charge in [-0.25, -0.2) is 4.39 Å². The van der Waals surface area contributed by atoms with E-state index in [1.165, 1.54) is 13.0 Å². The maximum absolute atomic E-state index is 13.5. The number of nitrogens with zero attached hydrogens (tertiary/aromatic N) is 2. The molecule has 1 heterocycles. The Bertz CT molecular complexity index is 623. The molecule has 2 N–H and O–H groups in total. The summed E-state index contributed by atoms with van der Waals surface area (Å²) in [4.78, 5) is 11.0. The molecule has 0 spiro atoms. The zero-order chi connectivity index (χ0) is 14.7. The molecule has 20 heavy (non-hydrogen) atoms. The lowest BCUT2D eigenvalue weighted by atomic mass is 10.2. The lowest BCUT2D eigenvalue weighted by Crippen LogP contribution is -2.12. The Kier molecular flexibility index (Phi) is 4.02. The highest BCUT2D eigenvalue weighted by atomic mass is 19.1. The van der Waals surface area contributed by atoms with Crippen LogP contribution in [0.4, 0.5) is 15.8 Å². The van der Waals surface area contributed by atoms with Crippen molar-refractivity contribution in [2.45, 2.75) is 19.9 Å². The van der Waals surface area contributed by atoms with Crippen LogP contribution in [-0.4, -0.2) is 15.7 Å². The second-order valence-electron chi connectivity index (χ2n) is 4.62. The molecule has 5 nitrogen and oxygen atoms in total. The zero-order valence-electron chi connectivity index (χ0n) is 11.6. The molecule has 6 heteroatoms. The van der Waals surface area contributed by atoms with Gasteiger partial charge in [-0.3, -0.25) is 9.48 Å². The van der Waals surface area contributed by atoms with Crippen molar-refractivity contribution in [3.05, 3.63) is 42.0 Å². The fourth-order valence-corrected chi connectivity index (χ4v) is 2.03. The molecule has 1 unspecified atom stereocenters. The van der Waals surface area contributed by atoms with Crippen LogP contribution in [0.25, 0.3) is 0 Å². The summed E-state index contributed by atoms with van der Waals surface area (Å²) in [6.07, 6.45) is 1.72. The second kappa shape index (κ2) is 5.73. The Hall–Kier alpha value is -2.37. The number of aromatic nitrogens is 2. The molecule has 0 aliphatic carbocycles. The van der Waals surface area contributed by atoms with E-state index >= 15 is 0 Å². The third-order valence-electron chi connectivity index (χ3n) is 2.96. The molecule has 0 radical (unpaired) electrons. The van der Waals surface area contributed by atoms with Gasteiger partial charge in [0.25, 0.3) is 0 Å². The summed E-state index contributed by atoms with van der Waals surface area (Å²) in [5.74, 6) is -0.764. The van der Waals surface area contributed by atoms with Gasteiger partial charge >= 0.3 is 0 Å². The van der Waals surface area contributed by atoms with E-state index in [1.807, 2.05) is 20.0 Å². The molecule has 0 saturated carbocycles. The molecule has 0 aliphatic heterocycles. The molecule has 106 valence electrons. The van der Waals surface area contributed by atoms with E-state index in [1.54, 1.807) is 23.0 Å². The third kappa shape index (κ3) is 3.14. The molecule has 1 atom stereocenters. The second-order valence-corrected chi connectivity index (χ2v) is 4.62. The first-order valence-corrected chi connectivity index (χ1v) is 6.29. The zero-order valence-corrected chi connectivity index (χ0v) is 11.6. The SMILES string of the molecule is CC(=O)Nc1cc(NC(C)c2ccnn2C)ccc1F. The Morgan fingerprint density at radius 3 is 2.75 bits per heavy atom. The molecule has 2 rings (SSSR count). The number of anilines is 2. The Morgan fingerprint density at radius 2 is 2.15 bits per heavy atom. The van der Waals surface area contributed by atoms with Crippen LogP contribution in [0, 0.1) is 5.82 Å². The number of hydrogen-bond acceptors (Lipinski definition) is 3. The van der Waals surface area contributed by atoms with Crippen LogP contribution in [0.1, 0.15) is 25.6 Å². The molecule has 1 amide bonds. The van der Waals surface area contributed by atoms with Crippen molar-refractivity contribution in [3.63, 3.8) is 0 Å². The van der Waals surface area contributed by atoms with E-state index in [0.29, 0.717) is 0 Å². The van der Waals surface area contributed by atoms with Crippen molar-refractivity contribution >= 4 is 17.3 Å². The van der Waals surface area contributed by atoms with Crippen LogP contribution in [0.15, 0.2) is 30.5 Å². The fraction of sp³-hybridized carbons (Fsp3) is 0.286. The fourth-order valence-electron chi connectivity index (χ4n) is 2.03. The van der Waals surface area contributed by atoms with Gasteiger partial charge in [-0.1, -0.05) is 0 Å². The van der Waals surface area contributed by atoms with Crippen LogP contribution in [-0.2, 0) is 11.8 Å². The molecule has 2 aromatic rings. The summed E-state index contributed by atoms with van der Waals surface area (Å²) >= 11 is 0. The lowest BCUT2D eigenvalue weighted by molar-refractivity contribution is -0.114. The normalized spacial score (nSPS) is 12.0. The van der Waals surface area contributed by atoms with Crippen molar-refractivity contribution in [3.8, 4) is 0 Å². The first kappa shape index (κ1) is 14.0. The molecule has 0 aliphatic rings. The van der Waals surface area contributed by atoms with Gasteiger partial charge < -0.3 is 10.6 Å². The number of carbonyl (C=O) groups is 1. The van der Waals surface area contributed by atoms with Crippen LogP contribution in [0.2, 0.25) is 0 Å². The maximum atomic E-state index is 13.5. The summed E-state index contributed by atoms with van der Waals surface area (Å²) in [7, 11) is 1.86. The summed E-state index contributed by atoms with van der Waals surface area (Å²) in [5.41, 5.74) is 1.90. The maximum Gasteiger partial charge on any atom is 0.221 e. The van der Waals surface area contributed by atoms with Gasteiger partial charge in [0.05, 0.1) is 17.4 Å². The smallest absolute Gasteiger partial charge is 0.221 e. The summed E-state index contributed by atoms with van der Waals surface area (Å²) < 4.78 is 15.3. The standard InChI is InChI=1S/C14H17FN4O/c1-9(14-6-7-16-19(14)3)17-11-4-5-12(15)13(8-11)18-10(2)20/h4-9,17H,1-3H3,(H,18,20). The number of amides is 1. The van der Waals surface area contributed by atoms with Gasteiger partial charge in [0.1, 0.15) is 5.82 Å². The van der Waals surface area contributed by atoms with E-state index in [0.717, 1.165) is 11.4 Å². The highest BCUT2D eigenvalue weighted by Gasteiger charge is 2.11. The van der Waals surface area contributed by atoms with Gasteiger partial charge in [-0.2, -0.15) is 5.10 Å². The number of benzene rings is 1. The van der Waals surface area contributed by atoms with Gasteiger partial charge in [0, 0.05) is 25.9 Å². The highest BCUT2D eigenvalue weighted by Crippen LogP contribution is 2.23. The minimum Gasteiger partial charge on any atom is -0.377 e. The Balaban J connectivity index is 2.17. The lowest BCUT2D eigenvalue weighted by Gasteiger charge is -2.16. The van der Waals surface area contributed by atoms with Crippen LogP contribution in [0.3, 0.4) is 0 Å². The largest absolute Gasteiger partial charge is 0.377 e. The molecule has 0 bridgehead atoms. The van der Waals surface area contributed by atoms with Crippen LogP contribution < -0.4 is 10.6 Å². The average molecular weight is 276 g/mol. The van der Waals surface area contributed by atoms with E-state index in [2.05, 4.69) is 15.7 Å². The van der Waals surface area contributed by atoms with Crippen LogP contribution in [0.5, 0.6) is 0 Å². The highest BCUT2D eigenvalue weighted by molar-refractivity contribution is 5.89. The number of carbonyl (C=O) groups excluding carboxylic acids is 1. The van der Waals surface area contributed by atoms with Gasteiger partial charge in [-0.05, 0) is 31.2 Å².